The molecule has 1 rings (SSSR count). The molecule has 0 amide bonds. The van der Waals surface area contributed by atoms with Gasteiger partial charge >= 0.3 is 132 Å². The molecule has 0 aromatic carbocycles. The second-order valence-electron chi connectivity index (χ2n) is 10.3. The third-order valence-corrected chi connectivity index (χ3v) is 16.6. The summed E-state index contributed by atoms with van der Waals surface area (Å²) in [5.74, 6) is 0. The molecule has 1 radical (unpaired) electrons. The average molecular weight is 538 g/mol. The molecule has 1 aliphatic rings. The Hall–Kier alpha value is 0.668. The van der Waals surface area contributed by atoms with Crippen LogP contribution in [0.2, 0.25) is 21.3 Å². The van der Waals surface area contributed by atoms with Gasteiger partial charge in [0, 0.05) is 0 Å². The van der Waals surface area contributed by atoms with Gasteiger partial charge in [-0.2, -0.15) is 0 Å². The van der Waals surface area contributed by atoms with E-state index in [0.717, 1.165) is 18.1 Å². The first-order valence-corrected chi connectivity index (χ1v) is 21.3. The van der Waals surface area contributed by atoms with Crippen molar-refractivity contribution in [2.24, 2.45) is 0 Å². The van der Waals surface area contributed by atoms with Gasteiger partial charge in [0.2, 0.25) is 0 Å². The summed E-state index contributed by atoms with van der Waals surface area (Å²) in [4.78, 5) is 9.88. The SMILES string of the molecule is CCCCCCCCCCCCCCCCCCOP(=O)(O)OCC[As]1(C)CCCCC1. The van der Waals surface area contributed by atoms with Gasteiger partial charge in [-0.05, 0) is 0 Å². The predicted octanol–water partition coefficient (Wildman–Crippen LogP) is 9.64. The van der Waals surface area contributed by atoms with Crippen LogP contribution in [0, 0.1) is 0 Å². The van der Waals surface area contributed by atoms with Gasteiger partial charge in [0.05, 0.1) is 0 Å². The monoisotopic (exact) mass is 537 g/mol. The van der Waals surface area contributed by atoms with Crippen molar-refractivity contribution in [2.45, 2.75) is 150 Å². The number of hydrogen-bond acceptors (Lipinski definition) is 3. The molecule has 1 unspecified atom stereocenters. The summed E-state index contributed by atoms with van der Waals surface area (Å²) in [6.45, 7) is 3.01. The second-order valence-corrected chi connectivity index (χ2v) is 21.4. The van der Waals surface area contributed by atoms with Gasteiger partial charge < -0.3 is 0 Å². The zero-order valence-electron chi connectivity index (χ0n) is 21.5. The quantitative estimate of drug-likeness (QED) is 0.0849. The molecule has 1 aliphatic heterocycles. The number of phosphoric acid groups is 1. The van der Waals surface area contributed by atoms with Gasteiger partial charge in [-0.15, -0.1) is 0 Å². The summed E-state index contributed by atoms with van der Waals surface area (Å²) in [6, 6.07) is 0. The summed E-state index contributed by atoms with van der Waals surface area (Å²) in [5, 5.41) is 3.76. The van der Waals surface area contributed by atoms with E-state index < -0.39 is 21.4 Å². The van der Waals surface area contributed by atoms with Crippen LogP contribution in [0.25, 0.3) is 0 Å². The van der Waals surface area contributed by atoms with Gasteiger partial charge in [0.1, 0.15) is 0 Å². The summed E-state index contributed by atoms with van der Waals surface area (Å²) >= 11 is -1.58. The van der Waals surface area contributed by atoms with Gasteiger partial charge in [-0.3, -0.25) is 0 Å². The van der Waals surface area contributed by atoms with E-state index in [2.05, 4.69) is 12.6 Å². The molecule has 0 bridgehead atoms. The molecule has 4 nitrogen and oxygen atoms in total. The molecule has 193 valence electrons. The maximum atomic E-state index is 12.1. The van der Waals surface area contributed by atoms with Crippen LogP contribution in [0.4, 0.5) is 0 Å². The van der Waals surface area contributed by atoms with Gasteiger partial charge in [0.15, 0.2) is 0 Å². The Bertz CT molecular complexity index is 469. The third kappa shape index (κ3) is 18.1. The van der Waals surface area contributed by atoms with E-state index in [1.54, 1.807) is 0 Å². The van der Waals surface area contributed by atoms with Crippen LogP contribution in [0.3, 0.4) is 0 Å². The molecule has 0 saturated carbocycles. The summed E-state index contributed by atoms with van der Waals surface area (Å²) < 4.78 is 22.5. The number of rotatable bonds is 22. The molecule has 1 heterocycles. The summed E-state index contributed by atoms with van der Waals surface area (Å²) in [6.07, 6.45) is 25.2. The molecule has 1 atom stereocenters. The molecule has 32 heavy (non-hydrogen) atoms. The Labute approximate surface area is 203 Å². The molecule has 1 saturated heterocycles. The van der Waals surface area contributed by atoms with Crippen molar-refractivity contribution in [2.75, 3.05) is 13.2 Å². The van der Waals surface area contributed by atoms with Crippen LogP contribution >= 0.6 is 7.82 Å². The first-order valence-electron chi connectivity index (χ1n) is 13.9. The van der Waals surface area contributed by atoms with Crippen molar-refractivity contribution < 1.29 is 18.5 Å². The van der Waals surface area contributed by atoms with E-state index in [4.69, 9.17) is 9.05 Å². The Morgan fingerprint density at radius 3 is 1.53 bits per heavy atom. The third-order valence-electron chi connectivity index (χ3n) is 7.03. The zero-order valence-corrected chi connectivity index (χ0v) is 24.3. The number of hydrogen-bond donors (Lipinski definition) is 1. The van der Waals surface area contributed by atoms with E-state index in [1.807, 2.05) is 0 Å². The molecule has 0 aromatic heterocycles. The average Bonchev–Trinajstić information content (AvgIpc) is 2.76. The number of unbranched alkanes of at least 4 members (excludes halogenated alkanes) is 15. The van der Waals surface area contributed by atoms with E-state index in [1.165, 1.54) is 120 Å². The Morgan fingerprint density at radius 1 is 0.656 bits per heavy atom. The van der Waals surface area contributed by atoms with Crippen LogP contribution in [0.15, 0.2) is 0 Å². The van der Waals surface area contributed by atoms with Crippen LogP contribution in [-0.2, 0) is 13.6 Å². The fourth-order valence-corrected chi connectivity index (χ4v) is 12.5. The van der Waals surface area contributed by atoms with Crippen molar-refractivity contribution >= 4 is 21.4 Å². The molecule has 0 aliphatic carbocycles. The van der Waals surface area contributed by atoms with Crippen molar-refractivity contribution in [1.29, 1.82) is 0 Å². The van der Waals surface area contributed by atoms with Gasteiger partial charge in [-0.25, -0.2) is 0 Å². The Morgan fingerprint density at radius 2 is 1.06 bits per heavy atom. The van der Waals surface area contributed by atoms with Crippen molar-refractivity contribution in [3.63, 3.8) is 0 Å². The van der Waals surface area contributed by atoms with Crippen LogP contribution < -0.4 is 0 Å². The van der Waals surface area contributed by atoms with Crippen LogP contribution in [0.1, 0.15) is 129 Å². The molecule has 1 N–H and O–H groups in total. The fourth-order valence-electron chi connectivity index (χ4n) is 4.74. The van der Waals surface area contributed by atoms with Crippen molar-refractivity contribution in [3.05, 3.63) is 0 Å². The van der Waals surface area contributed by atoms with E-state index in [9.17, 15) is 9.46 Å². The minimum absolute atomic E-state index is 0.337. The van der Waals surface area contributed by atoms with Gasteiger partial charge in [0.25, 0.3) is 0 Å². The molecule has 0 spiro atoms. The maximum absolute atomic E-state index is 12.1. The minimum atomic E-state index is -3.85. The molecular formula is C26H55AsO4P. The second kappa shape index (κ2) is 19.9. The molecule has 6 heteroatoms. The number of phosphoric ester groups is 1. The van der Waals surface area contributed by atoms with Crippen LogP contribution in [0.5, 0.6) is 0 Å². The topological polar surface area (TPSA) is 55.8 Å². The molecule has 1 fully saturated rings. The normalized spacial score (nSPS) is 18.0. The van der Waals surface area contributed by atoms with Gasteiger partial charge in [-0.1, -0.05) is 71.1 Å². The molecule has 0 aromatic rings. The van der Waals surface area contributed by atoms with Crippen LogP contribution in [-0.4, -0.2) is 31.7 Å². The first kappa shape index (κ1) is 30.7. The van der Waals surface area contributed by atoms with E-state index in [0.29, 0.717) is 13.2 Å². The Balaban J connectivity index is 1.82. The predicted molar refractivity (Wildman–Crippen MR) is 141 cm³/mol. The molecular weight excluding hydrogens is 482 g/mol. The Kier molecular flexibility index (Phi) is 19.1. The fraction of sp³-hybridized carbons (Fsp3) is 1.00. The summed E-state index contributed by atoms with van der Waals surface area (Å²) in [7, 11) is -3.85. The van der Waals surface area contributed by atoms with E-state index >= 15 is 0 Å². The first-order chi connectivity index (χ1) is 15.5. The standard InChI is InChI=1S/C26H55AsO4P/c1-3-4-5-6-7-8-9-10-11-12-13-14-15-16-17-21-25-30-32(28,29)31-26-24-27(2)22-19-18-20-23-27/h3-26H2,1-2H3,(H,28,29). The van der Waals surface area contributed by atoms with Crippen molar-refractivity contribution in [3.8, 4) is 0 Å². The summed E-state index contributed by atoms with van der Waals surface area (Å²) in [5.41, 5.74) is 2.44. The van der Waals surface area contributed by atoms with E-state index in [-0.39, 0.29) is 0 Å². The van der Waals surface area contributed by atoms with Crippen molar-refractivity contribution in [1.82, 2.24) is 0 Å². The zero-order chi connectivity index (χ0) is 23.4.